The molecule has 1 aromatic carbocycles. The third-order valence-electron chi connectivity index (χ3n) is 5.36. The number of aromatic nitrogens is 3. The van der Waals surface area contributed by atoms with Crippen molar-refractivity contribution < 1.29 is 22.7 Å². The molecular formula is C21H18F3N5O2. The van der Waals surface area contributed by atoms with E-state index in [0.29, 0.717) is 36.3 Å². The van der Waals surface area contributed by atoms with Gasteiger partial charge in [0, 0.05) is 23.1 Å². The highest BCUT2D eigenvalue weighted by Gasteiger charge is 2.39. The number of nitrogen functional groups attached to an aromatic ring is 1. The smallest absolute Gasteiger partial charge is 0.435 e. The van der Waals surface area contributed by atoms with Crippen molar-refractivity contribution in [3.63, 3.8) is 0 Å². The Bertz CT molecular complexity index is 1200. The topological polar surface area (TPSA) is 98.9 Å². The van der Waals surface area contributed by atoms with Crippen LogP contribution in [0.25, 0.3) is 11.4 Å². The van der Waals surface area contributed by atoms with Crippen molar-refractivity contribution in [2.45, 2.75) is 31.9 Å². The standard InChI is InChI=1S/C21H18F3N5O2/c1-31-20(30)18-17(26)12(10-25)11-28(18)13-6-8-14(9-7-13)29-16-5-3-2-4-15(16)19(27-29)21(22,23)24/h6-9,11H,2-5,26H2,1H3. The molecule has 0 atom stereocenters. The molecule has 0 radical (unpaired) electrons. The van der Waals surface area contributed by atoms with Gasteiger partial charge in [-0.25, -0.2) is 9.48 Å². The highest BCUT2D eigenvalue weighted by molar-refractivity contribution is 5.95. The number of nitriles is 1. The van der Waals surface area contributed by atoms with Gasteiger partial charge in [0.2, 0.25) is 0 Å². The molecule has 1 aliphatic carbocycles. The third kappa shape index (κ3) is 3.42. The molecule has 0 spiro atoms. The van der Waals surface area contributed by atoms with Crippen molar-refractivity contribution in [1.29, 1.82) is 5.26 Å². The molecule has 0 bridgehead atoms. The Labute approximate surface area is 175 Å². The second kappa shape index (κ2) is 7.50. The maximum absolute atomic E-state index is 13.5. The van der Waals surface area contributed by atoms with Gasteiger partial charge in [0.05, 0.1) is 24.0 Å². The summed E-state index contributed by atoms with van der Waals surface area (Å²) in [4.78, 5) is 12.2. The highest BCUT2D eigenvalue weighted by atomic mass is 19.4. The van der Waals surface area contributed by atoms with Crippen molar-refractivity contribution in [3.8, 4) is 17.4 Å². The zero-order valence-electron chi connectivity index (χ0n) is 16.5. The zero-order valence-corrected chi connectivity index (χ0v) is 16.5. The van der Waals surface area contributed by atoms with E-state index in [-0.39, 0.29) is 22.5 Å². The van der Waals surface area contributed by atoms with Crippen LogP contribution >= 0.6 is 0 Å². The van der Waals surface area contributed by atoms with Crippen LogP contribution in [0, 0.1) is 11.3 Å². The van der Waals surface area contributed by atoms with E-state index in [9.17, 15) is 23.2 Å². The Balaban J connectivity index is 1.79. The Kier molecular flexibility index (Phi) is 4.97. The molecule has 10 heteroatoms. The minimum Gasteiger partial charge on any atom is -0.464 e. The van der Waals surface area contributed by atoms with Crippen LogP contribution in [0.5, 0.6) is 0 Å². The number of esters is 1. The average molecular weight is 429 g/mol. The van der Waals surface area contributed by atoms with E-state index >= 15 is 0 Å². The summed E-state index contributed by atoms with van der Waals surface area (Å²) in [6, 6.07) is 8.38. The number of fused-ring (bicyclic) bond motifs is 1. The summed E-state index contributed by atoms with van der Waals surface area (Å²) in [5.74, 6) is -0.709. The van der Waals surface area contributed by atoms with Crippen LogP contribution in [0.2, 0.25) is 0 Å². The molecule has 7 nitrogen and oxygen atoms in total. The molecule has 2 heterocycles. The maximum atomic E-state index is 13.5. The van der Waals surface area contributed by atoms with Crippen molar-refractivity contribution >= 4 is 11.7 Å². The van der Waals surface area contributed by atoms with Crippen molar-refractivity contribution in [1.82, 2.24) is 14.3 Å². The molecular weight excluding hydrogens is 411 g/mol. The van der Waals surface area contributed by atoms with Crippen molar-refractivity contribution in [2.24, 2.45) is 0 Å². The second-order valence-corrected chi connectivity index (χ2v) is 7.19. The summed E-state index contributed by atoms with van der Waals surface area (Å²) in [5.41, 5.74) is 6.97. The molecule has 2 N–H and O–H groups in total. The van der Waals surface area contributed by atoms with Gasteiger partial charge in [-0.05, 0) is 49.9 Å². The van der Waals surface area contributed by atoms with Crippen molar-refractivity contribution in [3.05, 3.63) is 58.7 Å². The summed E-state index contributed by atoms with van der Waals surface area (Å²) in [7, 11) is 1.20. The number of carbonyl (C=O) groups excluding carboxylic acids is 1. The molecule has 31 heavy (non-hydrogen) atoms. The molecule has 0 fully saturated rings. The van der Waals surface area contributed by atoms with Gasteiger partial charge in [0.1, 0.15) is 6.07 Å². The lowest BCUT2D eigenvalue weighted by atomic mass is 9.95. The van der Waals surface area contributed by atoms with Crippen LogP contribution in [0.1, 0.15) is 45.8 Å². The van der Waals surface area contributed by atoms with Crippen LogP contribution < -0.4 is 5.73 Å². The van der Waals surface area contributed by atoms with Gasteiger partial charge < -0.3 is 15.0 Å². The summed E-state index contributed by atoms with van der Waals surface area (Å²) < 4.78 is 47.9. The first-order chi connectivity index (χ1) is 14.8. The lowest BCUT2D eigenvalue weighted by Crippen LogP contribution is -2.11. The summed E-state index contributed by atoms with van der Waals surface area (Å²) in [6.45, 7) is 0. The van der Waals surface area contributed by atoms with E-state index in [2.05, 4.69) is 5.10 Å². The molecule has 0 aliphatic heterocycles. The van der Waals surface area contributed by atoms with Crippen LogP contribution in [0.15, 0.2) is 30.5 Å². The Morgan fingerprint density at radius 2 is 1.84 bits per heavy atom. The number of hydrogen-bond donors (Lipinski definition) is 1. The van der Waals surface area contributed by atoms with Gasteiger partial charge in [-0.15, -0.1) is 0 Å². The largest absolute Gasteiger partial charge is 0.464 e. The van der Waals surface area contributed by atoms with Crippen LogP contribution in [-0.2, 0) is 23.8 Å². The number of halogens is 3. The SMILES string of the molecule is COC(=O)c1c(N)c(C#N)cn1-c1ccc(-n2nc(C(F)(F)F)c3c2CCCC3)cc1. The molecule has 1 aliphatic rings. The summed E-state index contributed by atoms with van der Waals surface area (Å²) >= 11 is 0. The fourth-order valence-electron chi connectivity index (χ4n) is 3.91. The highest BCUT2D eigenvalue weighted by Crippen LogP contribution is 2.37. The number of rotatable bonds is 3. The lowest BCUT2D eigenvalue weighted by Gasteiger charge is -2.15. The summed E-state index contributed by atoms with van der Waals surface area (Å²) in [6.07, 6.45) is -0.730. The van der Waals surface area contributed by atoms with Crippen LogP contribution in [0.3, 0.4) is 0 Å². The first-order valence-electron chi connectivity index (χ1n) is 9.54. The minimum atomic E-state index is -4.52. The number of ether oxygens (including phenoxy) is 1. The summed E-state index contributed by atoms with van der Waals surface area (Å²) in [5, 5.41) is 13.1. The van der Waals surface area contributed by atoms with E-state index in [4.69, 9.17) is 10.5 Å². The van der Waals surface area contributed by atoms with Crippen LogP contribution in [0.4, 0.5) is 18.9 Å². The second-order valence-electron chi connectivity index (χ2n) is 7.19. The van der Waals surface area contributed by atoms with E-state index in [0.717, 1.165) is 6.42 Å². The fourth-order valence-corrected chi connectivity index (χ4v) is 3.91. The number of methoxy groups -OCH3 is 1. The maximum Gasteiger partial charge on any atom is 0.435 e. The molecule has 0 amide bonds. The molecule has 4 rings (SSSR count). The Morgan fingerprint density at radius 1 is 1.19 bits per heavy atom. The quantitative estimate of drug-likeness (QED) is 0.639. The predicted octanol–water partition coefficient (Wildman–Crippen LogP) is 3.80. The monoisotopic (exact) mass is 429 g/mol. The zero-order chi connectivity index (χ0) is 22.3. The number of carbonyl (C=O) groups is 1. The first-order valence-corrected chi connectivity index (χ1v) is 9.54. The number of alkyl halides is 3. The molecule has 3 aromatic rings. The normalized spacial score (nSPS) is 13.5. The van der Waals surface area contributed by atoms with Gasteiger partial charge in [-0.2, -0.15) is 23.5 Å². The molecule has 0 unspecified atom stereocenters. The molecule has 0 saturated heterocycles. The molecule has 0 saturated carbocycles. The number of nitrogens with zero attached hydrogens (tertiary/aromatic N) is 4. The van der Waals surface area contributed by atoms with Crippen molar-refractivity contribution in [2.75, 3.05) is 12.8 Å². The number of anilines is 1. The van der Waals surface area contributed by atoms with Gasteiger partial charge in [-0.1, -0.05) is 0 Å². The molecule has 160 valence electrons. The van der Waals surface area contributed by atoms with Gasteiger partial charge in [0.15, 0.2) is 11.4 Å². The Hall–Kier alpha value is -3.74. The molecule has 2 aromatic heterocycles. The predicted molar refractivity (Wildman–Crippen MR) is 105 cm³/mol. The van der Waals surface area contributed by atoms with Crippen LogP contribution in [-0.4, -0.2) is 27.4 Å². The fraction of sp³-hybridized carbons (Fsp3) is 0.286. The van der Waals surface area contributed by atoms with E-state index in [1.165, 1.54) is 22.6 Å². The first kappa shape index (κ1) is 20.5. The number of nitrogens with two attached hydrogens (primary N) is 1. The van der Waals surface area contributed by atoms with E-state index in [1.54, 1.807) is 24.3 Å². The van der Waals surface area contributed by atoms with Gasteiger partial charge >= 0.3 is 12.1 Å². The lowest BCUT2D eigenvalue weighted by molar-refractivity contribution is -0.142. The van der Waals surface area contributed by atoms with Gasteiger partial charge in [0.25, 0.3) is 0 Å². The minimum absolute atomic E-state index is 0.00243. The Morgan fingerprint density at radius 3 is 2.45 bits per heavy atom. The van der Waals surface area contributed by atoms with E-state index < -0.39 is 17.8 Å². The average Bonchev–Trinajstić information content (AvgIpc) is 3.31. The van der Waals surface area contributed by atoms with Gasteiger partial charge in [-0.3, -0.25) is 0 Å². The number of hydrogen-bond acceptors (Lipinski definition) is 5. The number of benzene rings is 1. The third-order valence-corrected chi connectivity index (χ3v) is 5.36. The van der Waals surface area contributed by atoms with E-state index in [1.807, 2.05) is 6.07 Å².